The van der Waals surface area contributed by atoms with Crippen LogP contribution in [0.3, 0.4) is 0 Å². The lowest BCUT2D eigenvalue weighted by Crippen LogP contribution is -2.62. The van der Waals surface area contributed by atoms with E-state index in [0.717, 1.165) is 0 Å². The number of fused-ring (bicyclic) bond motifs is 2. The summed E-state index contributed by atoms with van der Waals surface area (Å²) in [6.07, 6.45) is -0.444. The van der Waals surface area contributed by atoms with Gasteiger partial charge in [-0.1, -0.05) is 0 Å². The molecule has 0 aromatic carbocycles. The van der Waals surface area contributed by atoms with Gasteiger partial charge in [-0.05, 0) is 11.6 Å². The third kappa shape index (κ3) is 1.78. The minimum absolute atomic E-state index is 0.0555. The molecule has 4 heterocycles. The van der Waals surface area contributed by atoms with Gasteiger partial charge in [0.25, 0.3) is 0 Å². The van der Waals surface area contributed by atoms with Crippen molar-refractivity contribution in [1.29, 1.82) is 0 Å². The smallest absolute Gasteiger partial charge is 0.226 e. The fourth-order valence-corrected chi connectivity index (χ4v) is 3.44. The molecule has 4 rings (SSSR count). The number of nitrogens with two attached hydrogens (primary N) is 2. The highest BCUT2D eigenvalue weighted by molar-refractivity contribution is 6.28. The van der Waals surface area contributed by atoms with E-state index in [0.29, 0.717) is 17.6 Å². The Morgan fingerprint density at radius 1 is 1.48 bits per heavy atom. The molecule has 0 aliphatic carbocycles. The van der Waals surface area contributed by atoms with E-state index in [1.807, 2.05) is 0 Å². The van der Waals surface area contributed by atoms with Gasteiger partial charge in [-0.3, -0.25) is 10.3 Å². The highest BCUT2D eigenvalue weighted by atomic mass is 35.5. The molecule has 0 amide bonds. The van der Waals surface area contributed by atoms with Crippen molar-refractivity contribution in [2.75, 3.05) is 18.9 Å². The average Bonchev–Trinajstić information content (AvgIpc) is 3.12. The number of nitrogens with zero attached hydrogens (tertiary/aromatic N) is 4. The van der Waals surface area contributed by atoms with Crippen molar-refractivity contribution < 1.29 is 19.7 Å². The quantitative estimate of drug-likeness (QED) is 0.490. The zero-order valence-electron chi connectivity index (χ0n) is 11.9. The van der Waals surface area contributed by atoms with E-state index >= 15 is 0 Å². The van der Waals surface area contributed by atoms with Crippen molar-refractivity contribution in [2.24, 2.45) is 5.73 Å². The van der Waals surface area contributed by atoms with Gasteiger partial charge in [0.2, 0.25) is 5.28 Å². The largest absolute Gasteiger partial charge is 0.393 e. The van der Waals surface area contributed by atoms with Crippen LogP contribution in [0.2, 0.25) is 5.28 Å². The molecule has 0 bridgehead atoms. The van der Waals surface area contributed by atoms with Gasteiger partial charge in [-0.2, -0.15) is 9.97 Å². The van der Waals surface area contributed by atoms with Gasteiger partial charge in [-0.25, -0.2) is 4.98 Å². The first-order valence-corrected chi connectivity index (χ1v) is 7.35. The van der Waals surface area contributed by atoms with Crippen molar-refractivity contribution in [2.45, 2.75) is 30.1 Å². The van der Waals surface area contributed by atoms with Gasteiger partial charge in [0.1, 0.15) is 17.2 Å². The summed E-state index contributed by atoms with van der Waals surface area (Å²) in [5.41, 5.74) is 9.85. The molecular formula is C12H15ClN6O4. The lowest BCUT2D eigenvalue weighted by Gasteiger charge is -2.33. The molecule has 6 N–H and O–H groups in total. The van der Waals surface area contributed by atoms with Crippen molar-refractivity contribution >= 4 is 28.6 Å². The SMILES string of the molecule is Nc1nc(Cl)nc2c1ncn2[C@@H]1O[C@@]2(CO)CCO[C@@]2(N)[C@H]1O. The molecule has 2 fully saturated rings. The molecule has 0 spiro atoms. The van der Waals surface area contributed by atoms with Gasteiger partial charge >= 0.3 is 0 Å². The monoisotopic (exact) mass is 342 g/mol. The Kier molecular flexibility index (Phi) is 3.08. The van der Waals surface area contributed by atoms with Crippen molar-refractivity contribution in [3.63, 3.8) is 0 Å². The Morgan fingerprint density at radius 3 is 2.96 bits per heavy atom. The van der Waals surface area contributed by atoms with Crippen LogP contribution in [-0.2, 0) is 9.47 Å². The summed E-state index contributed by atoms with van der Waals surface area (Å²) in [4.78, 5) is 12.0. The number of anilines is 1. The van der Waals surface area contributed by atoms with Gasteiger partial charge in [0.15, 0.2) is 23.4 Å². The second-order valence-corrected chi connectivity index (χ2v) is 6.04. The van der Waals surface area contributed by atoms with Gasteiger partial charge in [-0.15, -0.1) is 0 Å². The van der Waals surface area contributed by atoms with Crippen LogP contribution < -0.4 is 11.5 Å². The highest BCUT2D eigenvalue weighted by Crippen LogP contribution is 2.49. The van der Waals surface area contributed by atoms with Crippen LogP contribution >= 0.6 is 11.6 Å². The number of ether oxygens (including phenoxy) is 2. The number of aromatic nitrogens is 4. The van der Waals surface area contributed by atoms with Crippen LogP contribution in [-0.4, -0.2) is 60.4 Å². The molecule has 0 radical (unpaired) electrons. The van der Waals surface area contributed by atoms with E-state index in [1.54, 1.807) is 0 Å². The van der Waals surface area contributed by atoms with Gasteiger partial charge < -0.3 is 25.4 Å². The first-order valence-electron chi connectivity index (χ1n) is 6.97. The predicted molar refractivity (Wildman–Crippen MR) is 78.2 cm³/mol. The number of imidazole rings is 1. The Labute approximate surface area is 135 Å². The molecule has 0 unspecified atom stereocenters. The van der Waals surface area contributed by atoms with E-state index in [4.69, 9.17) is 32.5 Å². The predicted octanol–water partition coefficient (Wildman–Crippen LogP) is -1.24. The summed E-state index contributed by atoms with van der Waals surface area (Å²) in [6, 6.07) is 0. The maximum atomic E-state index is 10.6. The number of hydrogen-bond acceptors (Lipinski definition) is 9. The van der Waals surface area contributed by atoms with Crippen LogP contribution in [0.25, 0.3) is 11.2 Å². The summed E-state index contributed by atoms with van der Waals surface area (Å²) in [5, 5.41) is 20.3. The summed E-state index contributed by atoms with van der Waals surface area (Å²) in [5.74, 6) is 0.113. The number of hydrogen-bond donors (Lipinski definition) is 4. The Bertz CT molecular complexity index is 782. The molecular weight excluding hydrogens is 328 g/mol. The first kappa shape index (κ1) is 15.0. The Hall–Kier alpha value is -1.56. The van der Waals surface area contributed by atoms with Crippen LogP contribution in [0.1, 0.15) is 12.6 Å². The van der Waals surface area contributed by atoms with Crippen LogP contribution in [0.5, 0.6) is 0 Å². The van der Waals surface area contributed by atoms with E-state index in [1.165, 1.54) is 10.9 Å². The molecule has 2 aliphatic rings. The lowest BCUT2D eigenvalue weighted by molar-refractivity contribution is -0.134. The minimum Gasteiger partial charge on any atom is -0.393 e. The van der Waals surface area contributed by atoms with Gasteiger partial charge in [0.05, 0.1) is 19.5 Å². The molecule has 2 saturated heterocycles. The van der Waals surface area contributed by atoms with Crippen LogP contribution in [0.15, 0.2) is 6.33 Å². The number of aliphatic hydroxyl groups is 2. The van der Waals surface area contributed by atoms with E-state index in [-0.39, 0.29) is 24.3 Å². The topological polar surface area (TPSA) is 155 Å². The zero-order valence-corrected chi connectivity index (χ0v) is 12.6. The molecule has 4 atom stereocenters. The van der Waals surface area contributed by atoms with Gasteiger partial charge in [0, 0.05) is 6.42 Å². The summed E-state index contributed by atoms with van der Waals surface area (Å²) in [6.45, 7) is -0.103. The lowest BCUT2D eigenvalue weighted by atomic mass is 9.89. The maximum Gasteiger partial charge on any atom is 0.226 e. The molecule has 10 nitrogen and oxygen atoms in total. The fourth-order valence-electron chi connectivity index (χ4n) is 3.27. The number of aliphatic hydroxyl groups excluding tert-OH is 2. The normalized spacial score (nSPS) is 36.7. The van der Waals surface area contributed by atoms with Crippen molar-refractivity contribution in [1.82, 2.24) is 19.5 Å². The number of halogens is 1. The maximum absolute atomic E-state index is 10.6. The average molecular weight is 343 g/mol. The summed E-state index contributed by atoms with van der Waals surface area (Å²) >= 11 is 5.84. The first-order chi connectivity index (χ1) is 10.9. The van der Waals surface area contributed by atoms with Crippen molar-refractivity contribution in [3.8, 4) is 0 Å². The molecule has 2 aromatic rings. The summed E-state index contributed by atoms with van der Waals surface area (Å²) < 4.78 is 12.8. The second-order valence-electron chi connectivity index (χ2n) is 5.70. The second kappa shape index (κ2) is 4.72. The summed E-state index contributed by atoms with van der Waals surface area (Å²) in [7, 11) is 0. The van der Waals surface area contributed by atoms with Crippen LogP contribution in [0.4, 0.5) is 5.82 Å². The third-order valence-corrected chi connectivity index (χ3v) is 4.73. The molecule has 2 aromatic heterocycles. The van der Waals surface area contributed by atoms with E-state index in [2.05, 4.69) is 15.0 Å². The Morgan fingerprint density at radius 2 is 2.26 bits per heavy atom. The number of rotatable bonds is 2. The fraction of sp³-hybridized carbons (Fsp3) is 0.583. The highest BCUT2D eigenvalue weighted by Gasteiger charge is 2.68. The van der Waals surface area contributed by atoms with Crippen molar-refractivity contribution in [3.05, 3.63) is 11.6 Å². The van der Waals surface area contributed by atoms with E-state index in [9.17, 15) is 10.2 Å². The molecule has 11 heteroatoms. The standard InChI is InChI=1S/C12H15ClN6O4/c13-10-17-7(14)5-8(18-10)19(4-16-5)9-6(21)12(15)11(3-20,23-9)1-2-22-12/h4,6,9,20-21H,1-3,15H2,(H2,14,17,18)/t6-,9+,11+,12-/m0/s1. The van der Waals surface area contributed by atoms with Crippen LogP contribution in [0, 0.1) is 0 Å². The molecule has 23 heavy (non-hydrogen) atoms. The van der Waals surface area contributed by atoms with E-state index < -0.39 is 23.7 Å². The number of nitrogen functional groups attached to an aromatic ring is 1. The zero-order chi connectivity index (χ0) is 16.4. The molecule has 0 saturated carbocycles. The third-order valence-electron chi connectivity index (χ3n) is 4.57. The molecule has 124 valence electrons. The Balaban J connectivity index is 1.84. The molecule has 2 aliphatic heterocycles. The minimum atomic E-state index is -1.52.